The second kappa shape index (κ2) is 9.78. The lowest BCUT2D eigenvalue weighted by molar-refractivity contribution is -0.139. The number of nitrogens with one attached hydrogen (secondary N) is 2. The van der Waals surface area contributed by atoms with Crippen molar-refractivity contribution in [3.8, 4) is 11.5 Å². The Kier molecular flexibility index (Phi) is 6.65. The van der Waals surface area contributed by atoms with E-state index in [1.165, 1.54) is 18.9 Å². The number of esters is 1. The summed E-state index contributed by atoms with van der Waals surface area (Å²) in [6.07, 6.45) is 1.84. The number of anilines is 2. The van der Waals surface area contributed by atoms with Gasteiger partial charge in [-0.1, -0.05) is 23.9 Å². The number of rotatable bonds is 5. The second-order valence-corrected chi connectivity index (χ2v) is 8.48. The predicted octanol–water partition coefficient (Wildman–Crippen LogP) is 4.12. The van der Waals surface area contributed by atoms with E-state index in [1.54, 1.807) is 31.2 Å². The van der Waals surface area contributed by atoms with Crippen LogP contribution < -0.4 is 20.1 Å². The van der Waals surface area contributed by atoms with Crippen LogP contribution in [0.25, 0.3) is 0 Å². The highest BCUT2D eigenvalue weighted by molar-refractivity contribution is 8.15. The largest absolute Gasteiger partial charge is 0.486 e. The van der Waals surface area contributed by atoms with Crippen molar-refractivity contribution in [1.82, 2.24) is 0 Å². The molecule has 2 aliphatic heterocycles. The van der Waals surface area contributed by atoms with Gasteiger partial charge in [0, 0.05) is 17.5 Å². The Labute approximate surface area is 190 Å². The first kappa shape index (κ1) is 21.8. The van der Waals surface area contributed by atoms with Crippen LogP contribution in [0.2, 0.25) is 0 Å². The highest BCUT2D eigenvalue weighted by Gasteiger charge is 2.21. The number of nitrogens with zero attached hydrogens (tertiary/aromatic N) is 1. The average Bonchev–Trinajstić information content (AvgIpc) is 2.97. The molecule has 8 nitrogen and oxygen atoms in total. The van der Waals surface area contributed by atoms with E-state index >= 15 is 0 Å². The van der Waals surface area contributed by atoms with Gasteiger partial charge < -0.3 is 24.8 Å². The second-order valence-electron chi connectivity index (χ2n) is 7.12. The Morgan fingerprint density at radius 3 is 2.78 bits per heavy atom. The summed E-state index contributed by atoms with van der Waals surface area (Å²) in [4.78, 5) is 29.3. The Balaban J connectivity index is 1.49. The van der Waals surface area contributed by atoms with E-state index in [-0.39, 0.29) is 18.3 Å². The lowest BCUT2D eigenvalue weighted by Gasteiger charge is -2.19. The van der Waals surface area contributed by atoms with Crippen LogP contribution in [0.3, 0.4) is 0 Å². The standard InChI is InChI=1S/C23H23N3O5S/c1-14(23(28)25-15-7-8-19-20(11-15)31-10-9-30-19)32-21-12-16(13-22(27)29-2)24-17-5-3-4-6-18(17)26-21/h3-8,11-12,14,24H,9-10,13H2,1-2H3,(H,25,28)/t14-/m0/s1. The smallest absolute Gasteiger partial charge is 0.311 e. The van der Waals surface area contributed by atoms with Crippen molar-refractivity contribution in [2.45, 2.75) is 18.6 Å². The van der Waals surface area contributed by atoms with Crippen molar-refractivity contribution in [2.24, 2.45) is 4.99 Å². The lowest BCUT2D eigenvalue weighted by Crippen LogP contribution is -2.24. The zero-order valence-electron chi connectivity index (χ0n) is 17.7. The SMILES string of the molecule is COC(=O)CC1=CC(S[C@@H](C)C(=O)Nc2ccc3c(c2)OCCO3)=Nc2ccccc2N1. The number of hydrogen-bond donors (Lipinski definition) is 2. The number of amides is 1. The van der Waals surface area contributed by atoms with Crippen molar-refractivity contribution >= 4 is 45.7 Å². The van der Waals surface area contributed by atoms with E-state index in [0.717, 1.165) is 11.4 Å². The molecule has 0 saturated carbocycles. The normalized spacial score (nSPS) is 15.2. The minimum atomic E-state index is -0.442. The van der Waals surface area contributed by atoms with Crippen molar-refractivity contribution in [1.29, 1.82) is 0 Å². The average molecular weight is 454 g/mol. The van der Waals surface area contributed by atoms with Crippen LogP contribution in [-0.4, -0.2) is 42.5 Å². The van der Waals surface area contributed by atoms with Crippen LogP contribution in [0, 0.1) is 0 Å². The molecule has 2 aliphatic rings. The number of aliphatic imine (C=N–C) groups is 1. The van der Waals surface area contributed by atoms with E-state index in [1.807, 2.05) is 24.3 Å². The number of ether oxygens (including phenoxy) is 3. The highest BCUT2D eigenvalue weighted by Crippen LogP contribution is 2.34. The van der Waals surface area contributed by atoms with E-state index in [9.17, 15) is 9.59 Å². The minimum Gasteiger partial charge on any atom is -0.486 e. The van der Waals surface area contributed by atoms with Gasteiger partial charge in [0.15, 0.2) is 11.5 Å². The van der Waals surface area contributed by atoms with Crippen LogP contribution in [0.5, 0.6) is 11.5 Å². The Bertz CT molecular complexity index is 1100. The van der Waals surface area contributed by atoms with Gasteiger partial charge in [0.25, 0.3) is 0 Å². The number of methoxy groups -OCH3 is 1. The van der Waals surface area contributed by atoms with Crippen LogP contribution >= 0.6 is 11.8 Å². The van der Waals surface area contributed by atoms with Gasteiger partial charge in [0.1, 0.15) is 13.2 Å². The molecular formula is C23H23N3O5S. The van der Waals surface area contributed by atoms with Gasteiger partial charge in [-0.3, -0.25) is 9.59 Å². The van der Waals surface area contributed by atoms with Gasteiger partial charge in [0.2, 0.25) is 5.91 Å². The first-order valence-electron chi connectivity index (χ1n) is 10.1. The third-order valence-electron chi connectivity index (χ3n) is 4.77. The summed E-state index contributed by atoms with van der Waals surface area (Å²) >= 11 is 1.31. The molecule has 9 heteroatoms. The molecule has 0 aromatic heterocycles. The molecule has 2 aromatic rings. The topological polar surface area (TPSA) is 98.3 Å². The maximum absolute atomic E-state index is 12.8. The number of carbonyl (C=O) groups excluding carboxylic acids is 2. The quantitative estimate of drug-likeness (QED) is 0.657. The van der Waals surface area contributed by atoms with Crippen LogP contribution in [0.4, 0.5) is 17.1 Å². The number of thioether (sulfide) groups is 1. The molecule has 0 aliphatic carbocycles. The molecule has 0 fully saturated rings. The molecule has 0 radical (unpaired) electrons. The minimum absolute atomic E-state index is 0.0716. The number of carbonyl (C=O) groups is 2. The summed E-state index contributed by atoms with van der Waals surface area (Å²) in [5.74, 6) is 0.735. The van der Waals surface area contributed by atoms with Gasteiger partial charge in [0.05, 0.1) is 35.2 Å². The number of hydrogen-bond acceptors (Lipinski definition) is 8. The first-order valence-corrected chi connectivity index (χ1v) is 11.0. The summed E-state index contributed by atoms with van der Waals surface area (Å²) in [6.45, 7) is 2.79. The lowest BCUT2D eigenvalue weighted by atomic mass is 10.2. The summed E-state index contributed by atoms with van der Waals surface area (Å²) in [7, 11) is 1.35. The Morgan fingerprint density at radius 1 is 1.19 bits per heavy atom. The maximum Gasteiger partial charge on any atom is 0.311 e. The van der Waals surface area contributed by atoms with Crippen molar-refractivity contribution in [3.05, 3.63) is 54.2 Å². The molecule has 2 N–H and O–H groups in total. The summed E-state index contributed by atoms with van der Waals surface area (Å²) in [5.41, 5.74) is 2.79. The maximum atomic E-state index is 12.8. The van der Waals surface area contributed by atoms with E-state index in [2.05, 4.69) is 15.6 Å². The summed E-state index contributed by atoms with van der Waals surface area (Å²) < 4.78 is 15.9. The first-order chi connectivity index (χ1) is 15.5. The fourth-order valence-electron chi connectivity index (χ4n) is 3.17. The van der Waals surface area contributed by atoms with Crippen LogP contribution in [0.1, 0.15) is 13.3 Å². The van der Waals surface area contributed by atoms with Crippen LogP contribution in [-0.2, 0) is 14.3 Å². The molecule has 0 spiro atoms. The van der Waals surface area contributed by atoms with Gasteiger partial charge >= 0.3 is 5.97 Å². The molecule has 0 bridgehead atoms. The molecule has 1 amide bonds. The molecular weight excluding hydrogens is 430 g/mol. The Hall–Kier alpha value is -3.46. The zero-order valence-corrected chi connectivity index (χ0v) is 18.5. The van der Waals surface area contributed by atoms with Crippen molar-refractivity contribution < 1.29 is 23.8 Å². The van der Waals surface area contributed by atoms with E-state index in [4.69, 9.17) is 14.2 Å². The van der Waals surface area contributed by atoms with E-state index in [0.29, 0.717) is 41.1 Å². The molecule has 1 atom stereocenters. The number of para-hydroxylation sites is 2. The predicted molar refractivity (Wildman–Crippen MR) is 125 cm³/mol. The molecule has 2 heterocycles. The summed E-state index contributed by atoms with van der Waals surface area (Å²) in [5, 5.41) is 6.31. The molecule has 2 aromatic carbocycles. The van der Waals surface area contributed by atoms with Gasteiger partial charge in [-0.05, 0) is 37.3 Å². The molecule has 166 valence electrons. The molecule has 0 saturated heterocycles. The zero-order chi connectivity index (χ0) is 22.5. The van der Waals surface area contributed by atoms with Crippen LogP contribution in [0.15, 0.2) is 59.2 Å². The third kappa shape index (κ3) is 5.23. The van der Waals surface area contributed by atoms with Gasteiger partial charge in [-0.2, -0.15) is 0 Å². The fourth-order valence-corrected chi connectivity index (χ4v) is 4.06. The van der Waals surface area contributed by atoms with E-state index < -0.39 is 5.25 Å². The monoisotopic (exact) mass is 453 g/mol. The molecule has 4 rings (SSSR count). The summed E-state index contributed by atoms with van der Waals surface area (Å²) in [6, 6.07) is 12.8. The number of fused-ring (bicyclic) bond motifs is 2. The van der Waals surface area contributed by atoms with Crippen molar-refractivity contribution in [3.63, 3.8) is 0 Å². The third-order valence-corrected chi connectivity index (χ3v) is 5.78. The fraction of sp³-hybridized carbons (Fsp3) is 0.261. The van der Waals surface area contributed by atoms with Gasteiger partial charge in [-0.15, -0.1) is 0 Å². The molecule has 32 heavy (non-hydrogen) atoms. The van der Waals surface area contributed by atoms with Crippen molar-refractivity contribution in [2.75, 3.05) is 31.0 Å². The highest BCUT2D eigenvalue weighted by atomic mass is 32.2. The van der Waals surface area contributed by atoms with Gasteiger partial charge in [-0.25, -0.2) is 4.99 Å². The number of benzene rings is 2. The molecule has 0 unspecified atom stereocenters. The Morgan fingerprint density at radius 2 is 1.97 bits per heavy atom.